The van der Waals surface area contributed by atoms with Crippen molar-refractivity contribution in [2.45, 2.75) is 18.5 Å². The Hall–Kier alpha value is -3.71. The van der Waals surface area contributed by atoms with Gasteiger partial charge in [0, 0.05) is 50.4 Å². The third kappa shape index (κ3) is 4.03. The molecule has 7 heteroatoms. The summed E-state index contributed by atoms with van der Waals surface area (Å²) in [6.45, 7) is 0.515. The highest BCUT2D eigenvalue weighted by Gasteiger charge is 2.47. The lowest BCUT2D eigenvalue weighted by Crippen LogP contribution is -2.48. The molecule has 0 radical (unpaired) electrons. The van der Waals surface area contributed by atoms with E-state index in [-0.39, 0.29) is 36.4 Å². The topological polar surface area (TPSA) is 64.1 Å². The van der Waals surface area contributed by atoms with Crippen molar-refractivity contribution in [1.29, 1.82) is 0 Å². The molecule has 3 aromatic rings. The van der Waals surface area contributed by atoms with E-state index in [1.54, 1.807) is 37.2 Å². The molecule has 0 spiro atoms. The second kappa shape index (κ2) is 9.39. The molecule has 0 unspecified atom stereocenters. The van der Waals surface area contributed by atoms with E-state index in [0.29, 0.717) is 17.7 Å². The maximum atomic E-state index is 13.9. The summed E-state index contributed by atoms with van der Waals surface area (Å²) in [5.41, 5.74) is 4.74. The van der Waals surface area contributed by atoms with Crippen LogP contribution < -0.4 is 4.90 Å². The maximum Gasteiger partial charge on any atom is 0.254 e. The van der Waals surface area contributed by atoms with Gasteiger partial charge in [-0.1, -0.05) is 24.3 Å². The number of fused-ring (bicyclic) bond motifs is 3. The van der Waals surface area contributed by atoms with E-state index in [2.05, 4.69) is 11.0 Å². The number of likely N-dealkylation sites (tertiary alicyclic amines) is 1. The number of amides is 2. The molecule has 186 valence electrons. The third-order valence-electron chi connectivity index (χ3n) is 7.53. The molecule has 6 nitrogen and oxygen atoms in total. The molecule has 1 fully saturated rings. The highest BCUT2D eigenvalue weighted by molar-refractivity contribution is 5.96. The summed E-state index contributed by atoms with van der Waals surface area (Å²) in [5, 5.41) is 10.2. The van der Waals surface area contributed by atoms with Crippen LogP contribution in [0.5, 0.6) is 0 Å². The zero-order valence-corrected chi connectivity index (χ0v) is 20.7. The Morgan fingerprint density at radius 2 is 1.72 bits per heavy atom. The highest BCUT2D eigenvalue weighted by Crippen LogP contribution is 2.49. The number of hydrogen-bond donors (Lipinski definition) is 1. The molecular weight excluding hydrogens is 457 g/mol. The van der Waals surface area contributed by atoms with E-state index in [9.17, 15) is 19.1 Å². The molecule has 0 aliphatic carbocycles. The van der Waals surface area contributed by atoms with Gasteiger partial charge in [0.2, 0.25) is 0 Å². The summed E-state index contributed by atoms with van der Waals surface area (Å²) in [6.07, 6.45) is 0.748. The van der Waals surface area contributed by atoms with Crippen molar-refractivity contribution in [2.24, 2.45) is 5.92 Å². The van der Waals surface area contributed by atoms with Crippen molar-refractivity contribution < 1.29 is 19.1 Å². The van der Waals surface area contributed by atoms with Gasteiger partial charge in [0.25, 0.3) is 11.8 Å². The van der Waals surface area contributed by atoms with E-state index in [0.717, 1.165) is 28.8 Å². The first-order valence-corrected chi connectivity index (χ1v) is 12.2. The normalized spacial score (nSPS) is 20.6. The lowest BCUT2D eigenvalue weighted by Gasteiger charge is -2.44. The minimum atomic E-state index is -0.442. The molecule has 0 saturated carbocycles. The number of benzene rings is 3. The second-order valence-corrected chi connectivity index (χ2v) is 9.82. The summed E-state index contributed by atoms with van der Waals surface area (Å²) in [7, 11) is 5.43. The number of carbonyl (C=O) groups excluding carboxylic acids is 2. The number of likely N-dealkylation sites (N-methyl/N-ethyl adjacent to an activating group) is 1. The maximum absolute atomic E-state index is 13.9. The Bertz CT molecular complexity index is 1320. The zero-order chi connectivity index (χ0) is 25.6. The first-order valence-electron chi connectivity index (χ1n) is 12.2. The minimum Gasteiger partial charge on any atom is -0.394 e. The molecule has 0 bridgehead atoms. The van der Waals surface area contributed by atoms with Gasteiger partial charge in [-0.15, -0.1) is 0 Å². The lowest BCUT2D eigenvalue weighted by molar-refractivity contribution is 0.0693. The fourth-order valence-electron chi connectivity index (χ4n) is 5.74. The van der Waals surface area contributed by atoms with Gasteiger partial charge in [-0.05, 0) is 65.6 Å². The zero-order valence-electron chi connectivity index (χ0n) is 20.7. The van der Waals surface area contributed by atoms with Gasteiger partial charge >= 0.3 is 0 Å². The van der Waals surface area contributed by atoms with Crippen LogP contribution in [-0.4, -0.2) is 67.1 Å². The predicted octanol–water partition coefficient (Wildman–Crippen LogP) is 4.21. The Kier molecular flexibility index (Phi) is 6.26. The van der Waals surface area contributed by atoms with Crippen LogP contribution in [0, 0.1) is 11.7 Å². The Morgan fingerprint density at radius 1 is 1.00 bits per heavy atom. The Balaban J connectivity index is 1.59. The quantitative estimate of drug-likeness (QED) is 0.599. The standard InChI is InChI=1S/C29H30FN3O3/c1-31(2)28(35)20-7-4-6-18(14-20)19-10-11-25-24(16-19)27-23(26(17-34)32(25)3)12-13-33(27)29(36)21-8-5-9-22(30)15-21/h4-11,14-16,23,26-27,34H,12-13,17H2,1-3H3/t23-,26+,27-/m1/s1. The highest BCUT2D eigenvalue weighted by atomic mass is 19.1. The number of hydrogen-bond acceptors (Lipinski definition) is 4. The fraction of sp³-hybridized carbons (Fsp3) is 0.310. The van der Waals surface area contributed by atoms with Gasteiger partial charge in [0.15, 0.2) is 0 Å². The molecule has 2 amide bonds. The molecule has 1 N–H and O–H groups in total. The second-order valence-electron chi connectivity index (χ2n) is 9.82. The molecule has 0 aromatic heterocycles. The van der Waals surface area contributed by atoms with Crippen molar-refractivity contribution in [2.75, 3.05) is 39.2 Å². The Morgan fingerprint density at radius 3 is 2.44 bits per heavy atom. The van der Waals surface area contributed by atoms with Gasteiger partial charge in [0.1, 0.15) is 5.82 Å². The molecule has 3 aromatic carbocycles. The number of rotatable bonds is 4. The van der Waals surface area contributed by atoms with Crippen LogP contribution in [0.1, 0.15) is 38.7 Å². The number of aliphatic hydroxyl groups is 1. The van der Waals surface area contributed by atoms with Crippen molar-refractivity contribution in [3.05, 3.63) is 89.2 Å². The van der Waals surface area contributed by atoms with E-state index in [4.69, 9.17) is 0 Å². The van der Waals surface area contributed by atoms with Crippen molar-refractivity contribution >= 4 is 17.5 Å². The van der Waals surface area contributed by atoms with Crippen LogP contribution in [-0.2, 0) is 0 Å². The van der Waals surface area contributed by atoms with Crippen LogP contribution in [0.25, 0.3) is 11.1 Å². The number of carbonyl (C=O) groups is 2. The van der Waals surface area contributed by atoms with Gasteiger partial charge in [-0.3, -0.25) is 9.59 Å². The van der Waals surface area contributed by atoms with Crippen LogP contribution in [0.15, 0.2) is 66.7 Å². The van der Waals surface area contributed by atoms with E-state index >= 15 is 0 Å². The number of anilines is 1. The van der Waals surface area contributed by atoms with Crippen LogP contribution >= 0.6 is 0 Å². The average molecular weight is 488 g/mol. The van der Waals surface area contributed by atoms with Crippen molar-refractivity contribution in [1.82, 2.24) is 9.80 Å². The van der Waals surface area contributed by atoms with Gasteiger partial charge in [-0.25, -0.2) is 4.39 Å². The summed E-state index contributed by atoms with van der Waals surface area (Å²) in [4.78, 5) is 31.5. The van der Waals surface area contributed by atoms with Gasteiger partial charge in [0.05, 0.1) is 18.7 Å². The third-order valence-corrected chi connectivity index (χ3v) is 7.53. The summed E-state index contributed by atoms with van der Waals surface area (Å²) >= 11 is 0. The van der Waals surface area contributed by atoms with Crippen LogP contribution in [0.3, 0.4) is 0 Å². The monoisotopic (exact) mass is 487 g/mol. The largest absolute Gasteiger partial charge is 0.394 e. The molecule has 2 aliphatic heterocycles. The molecule has 3 atom stereocenters. The van der Waals surface area contributed by atoms with Gasteiger partial charge < -0.3 is 19.8 Å². The molecule has 2 aliphatic rings. The van der Waals surface area contributed by atoms with Gasteiger partial charge in [-0.2, -0.15) is 0 Å². The Labute approximate surface area is 210 Å². The smallest absolute Gasteiger partial charge is 0.254 e. The van der Waals surface area contributed by atoms with Crippen molar-refractivity contribution in [3.63, 3.8) is 0 Å². The number of nitrogens with zero attached hydrogens (tertiary/aromatic N) is 3. The van der Waals surface area contributed by atoms with E-state index in [1.165, 1.54) is 12.1 Å². The van der Waals surface area contributed by atoms with E-state index < -0.39 is 5.82 Å². The van der Waals surface area contributed by atoms with E-state index in [1.807, 2.05) is 42.3 Å². The molecule has 5 rings (SSSR count). The lowest BCUT2D eigenvalue weighted by atomic mass is 9.81. The number of halogens is 1. The summed E-state index contributed by atoms with van der Waals surface area (Å²) in [6, 6.07) is 19.1. The van der Waals surface area contributed by atoms with Crippen molar-refractivity contribution in [3.8, 4) is 11.1 Å². The van der Waals surface area contributed by atoms with Crippen LogP contribution in [0.4, 0.5) is 10.1 Å². The SMILES string of the molecule is CN(C)C(=O)c1cccc(-c2ccc3c(c2)[C@H]2[C@H](CCN2C(=O)c2cccc(F)c2)[C@H](CO)N3C)c1. The molecular formula is C29H30FN3O3. The molecule has 2 heterocycles. The first kappa shape index (κ1) is 24.0. The fourth-order valence-corrected chi connectivity index (χ4v) is 5.74. The average Bonchev–Trinajstić information content (AvgIpc) is 3.33. The summed E-state index contributed by atoms with van der Waals surface area (Å²) < 4.78 is 13.9. The first-order chi connectivity index (χ1) is 17.3. The molecule has 1 saturated heterocycles. The predicted molar refractivity (Wildman–Crippen MR) is 137 cm³/mol. The minimum absolute atomic E-state index is 0.0183. The summed E-state index contributed by atoms with van der Waals surface area (Å²) in [5.74, 6) is -0.675. The number of aliphatic hydroxyl groups excluding tert-OH is 1. The molecule has 36 heavy (non-hydrogen) atoms. The van der Waals surface area contributed by atoms with Crippen LogP contribution in [0.2, 0.25) is 0 Å².